The molecular weight excluding hydrogens is 1290 g/mol. The average Bonchev–Trinajstić information content (AvgIpc) is 1.38. The number of ether oxygens (including phenoxy) is 6. The van der Waals surface area contributed by atoms with E-state index < -0.39 is 17.5 Å². The fraction of sp³-hybridized carbons (Fsp3) is 0.429. The van der Waals surface area contributed by atoms with Crippen molar-refractivity contribution >= 4 is 104 Å². The Bertz CT molecular complexity index is 3660. The van der Waals surface area contributed by atoms with Gasteiger partial charge in [0.2, 0.25) is 0 Å². The molecule has 0 spiro atoms. The van der Waals surface area contributed by atoms with E-state index in [0.29, 0.717) is 183 Å². The van der Waals surface area contributed by atoms with Crippen molar-refractivity contribution in [2.24, 2.45) is 0 Å². The summed E-state index contributed by atoms with van der Waals surface area (Å²) in [7, 11) is 0. The Morgan fingerprint density at radius 3 is 0.933 bits per heavy atom. The quantitative estimate of drug-likeness (QED) is 0.0868. The predicted octanol–water partition coefficient (Wildman–Crippen LogP) is 15.6. The summed E-state index contributed by atoms with van der Waals surface area (Å²) >= 11 is 38.1. The number of rotatable bonds is 15. The van der Waals surface area contributed by atoms with Crippen LogP contribution in [0, 0.1) is 17.5 Å². The molecule has 3 saturated heterocycles. The van der Waals surface area contributed by atoms with E-state index in [1.807, 2.05) is 41.5 Å². The lowest BCUT2D eigenvalue weighted by molar-refractivity contribution is 0.0837. The summed E-state index contributed by atoms with van der Waals surface area (Å²) in [6.07, 6.45) is 14.3. The van der Waals surface area contributed by atoms with Gasteiger partial charge in [-0.05, 0) is 95.2 Å². The molecule has 0 bridgehead atoms. The van der Waals surface area contributed by atoms with Gasteiger partial charge in [-0.3, -0.25) is 13.2 Å². The van der Waals surface area contributed by atoms with Gasteiger partial charge in [0, 0.05) is 128 Å². The summed E-state index contributed by atoms with van der Waals surface area (Å²) in [6.45, 7) is 16.2. The highest BCUT2D eigenvalue weighted by Gasteiger charge is 2.35. The minimum absolute atomic E-state index is 0.0228. The fourth-order valence-electron chi connectivity index (χ4n) is 12.3. The number of anilines is 3. The van der Waals surface area contributed by atoms with Gasteiger partial charge in [0.25, 0.3) is 0 Å². The molecule has 12 rings (SSSR count). The summed E-state index contributed by atoms with van der Waals surface area (Å²) in [5.74, 6) is 2.15. The first-order chi connectivity index (χ1) is 43.3. The zero-order valence-electron chi connectivity index (χ0n) is 50.4. The van der Waals surface area contributed by atoms with Crippen molar-refractivity contribution in [1.82, 2.24) is 43.1 Å². The van der Waals surface area contributed by atoms with E-state index in [0.717, 1.165) is 16.7 Å². The molecule has 0 aliphatic carbocycles. The van der Waals surface area contributed by atoms with Gasteiger partial charge >= 0.3 is 0 Å². The maximum Gasteiger partial charge on any atom is 0.158 e. The zero-order valence-corrected chi connectivity index (χ0v) is 54.9. The number of hydrogen-bond donors (Lipinski definition) is 3. The number of hydrogen-bond acceptors (Lipinski definition) is 15. The first-order valence-electron chi connectivity index (χ1n) is 29.8. The molecule has 9 heterocycles. The molecule has 18 nitrogen and oxygen atoms in total. The molecule has 6 N–H and O–H groups in total. The highest BCUT2D eigenvalue weighted by Crippen LogP contribution is 2.49. The van der Waals surface area contributed by atoms with Crippen LogP contribution in [0.4, 0.5) is 30.6 Å². The van der Waals surface area contributed by atoms with Crippen LogP contribution in [0.2, 0.25) is 30.5 Å². The Morgan fingerprint density at radius 1 is 0.456 bits per heavy atom. The van der Waals surface area contributed by atoms with Crippen LogP contribution < -0.4 is 31.4 Å². The number of nitrogens with zero attached hydrogens (tertiary/aromatic N) is 9. The van der Waals surface area contributed by atoms with Gasteiger partial charge in [-0.1, -0.05) is 90.4 Å². The molecule has 0 amide bonds. The number of nitrogens with two attached hydrogens (primary N) is 3. The third-order valence-corrected chi connectivity index (χ3v) is 18.3. The predicted molar refractivity (Wildman–Crippen MR) is 346 cm³/mol. The van der Waals surface area contributed by atoms with Crippen molar-refractivity contribution < 1.29 is 41.6 Å². The smallest absolute Gasteiger partial charge is 0.158 e. The molecule has 90 heavy (non-hydrogen) atoms. The molecule has 0 saturated carbocycles. The van der Waals surface area contributed by atoms with Gasteiger partial charge in [-0.15, -0.1) is 0 Å². The maximum absolute atomic E-state index is 15.2. The number of nitrogen functional groups attached to an aromatic ring is 3. The lowest BCUT2D eigenvalue weighted by Crippen LogP contribution is -2.18. The van der Waals surface area contributed by atoms with Crippen LogP contribution in [0.5, 0.6) is 17.2 Å². The van der Waals surface area contributed by atoms with Crippen LogP contribution in [0.25, 0.3) is 16.6 Å². The van der Waals surface area contributed by atoms with Crippen molar-refractivity contribution in [2.75, 3.05) is 76.7 Å². The second-order valence-electron chi connectivity index (χ2n) is 22.0. The van der Waals surface area contributed by atoms with E-state index in [4.69, 9.17) is 115 Å². The summed E-state index contributed by atoms with van der Waals surface area (Å²) < 4.78 is 85.4. The fourth-order valence-corrected chi connectivity index (χ4v) is 13.8. The van der Waals surface area contributed by atoms with Crippen LogP contribution in [0.3, 0.4) is 0 Å². The van der Waals surface area contributed by atoms with Crippen LogP contribution in [0.15, 0.2) is 55.4 Å². The van der Waals surface area contributed by atoms with Gasteiger partial charge in [-0.2, -0.15) is 0 Å². The van der Waals surface area contributed by atoms with Crippen molar-refractivity contribution in [3.8, 4) is 17.2 Å². The Morgan fingerprint density at radius 2 is 0.700 bits per heavy atom. The van der Waals surface area contributed by atoms with Gasteiger partial charge in [0.05, 0.1) is 34.9 Å². The lowest BCUT2D eigenvalue weighted by atomic mass is 9.86. The Balaban J connectivity index is 0.000000148. The molecule has 6 aromatic heterocycles. The molecule has 0 radical (unpaired) electrons. The van der Waals surface area contributed by atoms with Crippen LogP contribution in [-0.4, -0.2) is 103 Å². The second kappa shape index (κ2) is 29.1. The minimum Gasteiger partial charge on any atom is -0.493 e. The van der Waals surface area contributed by atoms with E-state index in [1.165, 1.54) is 0 Å². The highest BCUT2D eigenvalue weighted by molar-refractivity contribution is 6.34. The van der Waals surface area contributed by atoms with E-state index in [2.05, 4.69) is 29.9 Å². The number of benzene rings is 3. The van der Waals surface area contributed by atoms with E-state index >= 15 is 13.2 Å². The monoisotopic (exact) mass is 1360 g/mol. The third kappa shape index (κ3) is 13.2. The maximum atomic E-state index is 15.2. The molecule has 3 aliphatic heterocycles. The van der Waals surface area contributed by atoms with E-state index in [1.54, 1.807) is 68.6 Å². The standard InChI is InChI=1S/3C21H23Cl2FN4O2/c3*1-3-30-18-13(10-14(22)16(24)15(18)12-4-8-29-9-5-12)11(2)21-27-19(23)17-20(25)26-6-7-28(17)21/h3*6-7,10-12H,3-5,8-9H2,1-2H3,(H2,25,26)/t2*11-;/m10./s1. The Hall–Kier alpha value is -6.27. The first kappa shape index (κ1) is 66.6. The molecule has 3 fully saturated rings. The average molecular weight is 1360 g/mol. The summed E-state index contributed by atoms with van der Waals surface area (Å²) in [5, 5.41) is 0.981. The first-order valence-corrected chi connectivity index (χ1v) is 32.1. The van der Waals surface area contributed by atoms with E-state index in [-0.39, 0.29) is 66.0 Å². The van der Waals surface area contributed by atoms with Gasteiger partial charge in [-0.25, -0.2) is 43.1 Å². The zero-order chi connectivity index (χ0) is 64.2. The number of aromatic nitrogens is 9. The highest BCUT2D eigenvalue weighted by atomic mass is 35.5. The molecule has 3 aliphatic rings. The Kier molecular flexibility index (Phi) is 21.6. The number of imidazole rings is 3. The van der Waals surface area contributed by atoms with Crippen molar-refractivity contribution in [3.05, 3.63) is 154 Å². The van der Waals surface area contributed by atoms with Gasteiger partial charge in [0.15, 0.2) is 32.9 Å². The molecule has 27 heteroatoms. The summed E-state index contributed by atoms with van der Waals surface area (Å²) in [6, 6.07) is 4.86. The van der Waals surface area contributed by atoms with Crippen molar-refractivity contribution in [2.45, 2.75) is 116 Å². The normalized spacial score (nSPS) is 16.2. The lowest BCUT2D eigenvalue weighted by Gasteiger charge is -2.27. The largest absolute Gasteiger partial charge is 0.493 e. The molecule has 3 aromatic carbocycles. The SMILES string of the molecule is CCOc1c(C(C)c2nc(Cl)c3c(N)nccn23)cc(Cl)c(F)c1C1CCOCC1.CCOc1c([C@@H](C)c2nc(Cl)c3c(N)nccn23)cc(Cl)c(F)c1C1CCOCC1.CCOc1c([C@H](C)c2nc(Cl)c3c(N)nccn23)cc(Cl)c(F)c1C1CCOCC1. The van der Waals surface area contributed by atoms with Crippen LogP contribution in [-0.2, 0) is 14.2 Å². The molecule has 3 atom stereocenters. The summed E-state index contributed by atoms with van der Waals surface area (Å²) in [5.41, 5.74) is 23.4. The second-order valence-corrected chi connectivity index (χ2v) is 24.3. The third-order valence-electron chi connectivity index (χ3n) is 16.7. The van der Waals surface area contributed by atoms with Crippen molar-refractivity contribution in [1.29, 1.82) is 0 Å². The van der Waals surface area contributed by atoms with Gasteiger partial charge in [0.1, 0.15) is 68.7 Å². The van der Waals surface area contributed by atoms with Crippen molar-refractivity contribution in [3.63, 3.8) is 0 Å². The van der Waals surface area contributed by atoms with Gasteiger partial charge < -0.3 is 45.6 Å². The topological polar surface area (TPSA) is 224 Å². The number of halogens is 9. The molecule has 480 valence electrons. The van der Waals surface area contributed by atoms with Crippen LogP contribution in [0.1, 0.15) is 166 Å². The van der Waals surface area contributed by atoms with Crippen LogP contribution >= 0.6 is 69.6 Å². The van der Waals surface area contributed by atoms with E-state index in [9.17, 15) is 0 Å². The molecular formula is C63H69Cl6F3N12O6. The molecule has 1 unspecified atom stereocenters. The number of fused-ring (bicyclic) bond motifs is 3. The minimum atomic E-state index is -0.428. The Labute approximate surface area is 548 Å². The summed E-state index contributed by atoms with van der Waals surface area (Å²) in [4.78, 5) is 25.8. The molecule has 9 aromatic rings.